The molecular weight excluding hydrogens is 548 g/mol. The number of aliphatic hydroxyl groups excluding tert-OH is 2. The van der Waals surface area contributed by atoms with E-state index >= 15 is 0 Å². The third-order valence-corrected chi connectivity index (χ3v) is 8.08. The quantitative estimate of drug-likeness (QED) is 0.156. The molecule has 0 bridgehead atoms. The zero-order valence-corrected chi connectivity index (χ0v) is 24.3. The predicted octanol–water partition coefficient (Wildman–Crippen LogP) is 7.57. The van der Waals surface area contributed by atoms with E-state index < -0.39 is 25.0 Å². The lowest BCUT2D eigenvalue weighted by atomic mass is 9.80. The first-order chi connectivity index (χ1) is 21.7. The summed E-state index contributed by atoms with van der Waals surface area (Å²) in [4.78, 5) is 14.6. The van der Waals surface area contributed by atoms with Crippen molar-refractivity contribution in [2.75, 3.05) is 13.2 Å². The van der Waals surface area contributed by atoms with Crippen molar-refractivity contribution in [1.82, 2.24) is 0 Å². The van der Waals surface area contributed by atoms with Gasteiger partial charge in [0.1, 0.15) is 24.7 Å². The molecule has 0 aliphatic carbocycles. The minimum Gasteiger partial charge on any atom is -0.489 e. The van der Waals surface area contributed by atoms with Crippen LogP contribution in [0.25, 0.3) is 21.5 Å². The van der Waals surface area contributed by atoms with Gasteiger partial charge in [-0.2, -0.15) is 0 Å². The lowest BCUT2D eigenvalue weighted by Crippen LogP contribution is -2.27. The van der Waals surface area contributed by atoms with Crippen LogP contribution in [0.3, 0.4) is 0 Å². The minimum absolute atomic E-state index is 0.308. The highest BCUT2D eigenvalue weighted by atomic mass is 16.5. The Labute approximate surface area is 256 Å². The molecule has 220 valence electrons. The number of hydrogen-bond donors (Lipinski definition) is 2. The number of fused-ring (bicyclic) bond motifs is 2. The summed E-state index contributed by atoms with van der Waals surface area (Å²) >= 11 is 0. The van der Waals surface area contributed by atoms with Crippen LogP contribution in [0.5, 0.6) is 11.5 Å². The molecular formula is C39H34O5. The van der Waals surface area contributed by atoms with Crippen molar-refractivity contribution in [2.45, 2.75) is 25.0 Å². The van der Waals surface area contributed by atoms with Crippen molar-refractivity contribution >= 4 is 27.3 Å². The third kappa shape index (κ3) is 6.06. The van der Waals surface area contributed by atoms with Gasteiger partial charge in [0.15, 0.2) is 5.78 Å². The molecule has 0 aliphatic rings. The second-order valence-electron chi connectivity index (χ2n) is 10.8. The number of ether oxygens (including phenoxy) is 2. The number of aliphatic hydroxyl groups is 2. The molecule has 0 aliphatic heterocycles. The second kappa shape index (κ2) is 13.6. The summed E-state index contributed by atoms with van der Waals surface area (Å²) in [5, 5.41) is 25.2. The van der Waals surface area contributed by atoms with Crippen LogP contribution < -0.4 is 9.47 Å². The minimum atomic E-state index is -0.954. The van der Waals surface area contributed by atoms with Crippen LogP contribution in [0.1, 0.15) is 34.1 Å². The van der Waals surface area contributed by atoms with E-state index in [0.717, 1.165) is 32.7 Å². The summed E-state index contributed by atoms with van der Waals surface area (Å²) in [6.07, 6.45) is 0. The van der Waals surface area contributed by atoms with Crippen LogP contribution in [0.2, 0.25) is 0 Å². The Kier molecular flexibility index (Phi) is 8.97. The highest BCUT2D eigenvalue weighted by molar-refractivity contribution is 6.01. The van der Waals surface area contributed by atoms with E-state index in [0.29, 0.717) is 35.8 Å². The first kappa shape index (κ1) is 29.1. The van der Waals surface area contributed by atoms with Gasteiger partial charge < -0.3 is 19.7 Å². The fraction of sp³-hybridized carbons (Fsp3) is 0.154. The van der Waals surface area contributed by atoms with Crippen LogP contribution in [0.4, 0.5) is 0 Å². The zero-order valence-electron chi connectivity index (χ0n) is 24.3. The van der Waals surface area contributed by atoms with Crippen LogP contribution in [0, 0.1) is 0 Å². The average Bonchev–Trinajstić information content (AvgIpc) is 3.08. The van der Waals surface area contributed by atoms with Crippen molar-refractivity contribution in [2.24, 2.45) is 0 Å². The molecule has 0 saturated heterocycles. The van der Waals surface area contributed by atoms with E-state index in [1.807, 2.05) is 133 Å². The lowest BCUT2D eigenvalue weighted by molar-refractivity contribution is -0.123. The molecule has 0 radical (unpaired) electrons. The summed E-state index contributed by atoms with van der Waals surface area (Å²) in [6.45, 7) is -0.280. The Bertz CT molecular complexity index is 1730. The van der Waals surface area contributed by atoms with E-state index in [1.165, 1.54) is 0 Å². The number of benzene rings is 6. The van der Waals surface area contributed by atoms with Gasteiger partial charge >= 0.3 is 0 Å². The van der Waals surface area contributed by atoms with Gasteiger partial charge in [0.05, 0.1) is 25.0 Å². The highest BCUT2D eigenvalue weighted by Gasteiger charge is 2.34. The molecule has 2 N–H and O–H groups in total. The Morgan fingerprint density at radius 2 is 0.886 bits per heavy atom. The fourth-order valence-corrected chi connectivity index (χ4v) is 5.88. The molecule has 44 heavy (non-hydrogen) atoms. The number of hydrogen-bond acceptors (Lipinski definition) is 5. The summed E-state index contributed by atoms with van der Waals surface area (Å²) in [5.41, 5.74) is 3.19. The molecule has 5 heteroatoms. The summed E-state index contributed by atoms with van der Waals surface area (Å²) in [6, 6.07) is 42.8. The molecule has 5 nitrogen and oxygen atoms in total. The Balaban J connectivity index is 1.43. The van der Waals surface area contributed by atoms with Gasteiger partial charge in [-0.1, -0.05) is 121 Å². The maximum Gasteiger partial charge on any atom is 0.152 e. The normalized spacial score (nSPS) is 12.6. The van der Waals surface area contributed by atoms with Crippen LogP contribution in [0.15, 0.2) is 133 Å². The SMILES string of the molecule is O=C(C(CO)c1c(OCc2ccccc2)ccc2ccccc12)C(CO)c1c(OCc2ccccc2)ccc2ccccc12. The van der Waals surface area contributed by atoms with Gasteiger partial charge in [0.25, 0.3) is 0 Å². The standard InChI is InChI=1S/C39H34O5/c40-23-33(37-31-17-9-7-15-29(31)19-21-35(37)43-25-27-11-3-1-4-12-27)39(42)34(24-41)38-32-18-10-8-16-30(32)20-22-36(38)44-26-28-13-5-2-6-14-28/h1-22,33-34,40-41H,23-26H2. The summed E-state index contributed by atoms with van der Waals surface area (Å²) < 4.78 is 12.6. The van der Waals surface area contributed by atoms with Crippen molar-refractivity contribution < 1.29 is 24.5 Å². The third-order valence-electron chi connectivity index (χ3n) is 8.08. The zero-order chi connectivity index (χ0) is 30.3. The molecule has 6 rings (SSSR count). The molecule has 0 saturated carbocycles. The summed E-state index contributed by atoms with van der Waals surface area (Å²) in [5.74, 6) is -1.17. The topological polar surface area (TPSA) is 76.0 Å². The molecule has 2 unspecified atom stereocenters. The van der Waals surface area contributed by atoms with Crippen molar-refractivity contribution in [1.29, 1.82) is 0 Å². The number of Topliss-reactive ketones (excluding diaryl/α,β-unsaturated/α-hetero) is 1. The Morgan fingerprint density at radius 3 is 1.30 bits per heavy atom. The van der Waals surface area contributed by atoms with Crippen LogP contribution in [-0.2, 0) is 18.0 Å². The first-order valence-corrected chi connectivity index (χ1v) is 14.8. The van der Waals surface area contributed by atoms with Gasteiger partial charge in [-0.3, -0.25) is 4.79 Å². The smallest absolute Gasteiger partial charge is 0.152 e. The van der Waals surface area contributed by atoms with Crippen LogP contribution >= 0.6 is 0 Å². The van der Waals surface area contributed by atoms with E-state index in [9.17, 15) is 15.0 Å². The predicted molar refractivity (Wildman–Crippen MR) is 174 cm³/mol. The lowest BCUT2D eigenvalue weighted by Gasteiger charge is -2.26. The molecule has 0 aromatic heterocycles. The number of ketones is 1. The molecule has 2 atom stereocenters. The van der Waals surface area contributed by atoms with Crippen molar-refractivity contribution in [3.05, 3.63) is 156 Å². The van der Waals surface area contributed by atoms with Gasteiger partial charge in [0.2, 0.25) is 0 Å². The largest absolute Gasteiger partial charge is 0.489 e. The second-order valence-corrected chi connectivity index (χ2v) is 10.8. The summed E-state index contributed by atoms with van der Waals surface area (Å²) in [7, 11) is 0. The molecule has 0 fully saturated rings. The Hall–Kier alpha value is -4.97. The number of carbonyl (C=O) groups excluding carboxylic acids is 1. The van der Waals surface area contributed by atoms with Crippen molar-refractivity contribution in [3.8, 4) is 11.5 Å². The number of rotatable bonds is 12. The van der Waals surface area contributed by atoms with E-state index in [-0.39, 0.29) is 5.78 Å². The molecule has 0 heterocycles. The Morgan fingerprint density at radius 1 is 0.500 bits per heavy atom. The van der Waals surface area contributed by atoms with E-state index in [1.54, 1.807) is 0 Å². The van der Waals surface area contributed by atoms with Crippen LogP contribution in [-0.4, -0.2) is 29.2 Å². The average molecular weight is 583 g/mol. The first-order valence-electron chi connectivity index (χ1n) is 14.8. The highest BCUT2D eigenvalue weighted by Crippen LogP contribution is 2.41. The molecule has 6 aromatic carbocycles. The monoisotopic (exact) mass is 582 g/mol. The fourth-order valence-electron chi connectivity index (χ4n) is 5.88. The van der Waals surface area contributed by atoms with Gasteiger partial charge in [0, 0.05) is 11.1 Å². The number of carbonyl (C=O) groups is 1. The molecule has 0 amide bonds. The van der Waals surface area contributed by atoms with Gasteiger partial charge in [-0.25, -0.2) is 0 Å². The maximum atomic E-state index is 14.6. The van der Waals surface area contributed by atoms with E-state index in [4.69, 9.17) is 9.47 Å². The maximum absolute atomic E-state index is 14.6. The van der Waals surface area contributed by atoms with Gasteiger partial charge in [-0.05, 0) is 44.8 Å². The van der Waals surface area contributed by atoms with Gasteiger partial charge in [-0.15, -0.1) is 0 Å². The molecule has 6 aromatic rings. The van der Waals surface area contributed by atoms with Crippen molar-refractivity contribution in [3.63, 3.8) is 0 Å². The molecule has 0 spiro atoms. The van der Waals surface area contributed by atoms with E-state index in [2.05, 4.69) is 0 Å².